The summed E-state index contributed by atoms with van der Waals surface area (Å²) in [7, 11) is 4.18. The Morgan fingerprint density at radius 2 is 1.64 bits per heavy atom. The number of carbonyl (C=O) groups excluding carboxylic acids is 1. The molecule has 0 aromatic carbocycles. The number of nitrogens with zero attached hydrogens (tertiary/aromatic N) is 1. The minimum atomic E-state index is -0.453. The molecule has 22 heavy (non-hydrogen) atoms. The molecule has 0 aliphatic heterocycles. The zero-order valence-corrected chi connectivity index (χ0v) is 16.0. The molecule has 132 valence electrons. The van der Waals surface area contributed by atoms with Crippen molar-refractivity contribution >= 4 is 6.09 Å². The molecule has 0 spiro atoms. The van der Waals surface area contributed by atoms with Gasteiger partial charge in [0.25, 0.3) is 0 Å². The standard InChI is InChI=1S/C17H37N3O2/c1-13(2)14(10-18-12-17(6,7)20(8)9)11-19-15(21)22-16(3,4)5/h13-14,18H,10-12H2,1-9H3,(H,19,21). The fourth-order valence-electron chi connectivity index (χ4n) is 1.79. The molecule has 1 amide bonds. The summed E-state index contributed by atoms with van der Waals surface area (Å²) in [6, 6.07) is 0. The molecular formula is C17H37N3O2. The van der Waals surface area contributed by atoms with Crippen LogP contribution >= 0.6 is 0 Å². The number of likely N-dealkylation sites (N-methyl/N-ethyl adjacent to an activating group) is 1. The largest absolute Gasteiger partial charge is 0.444 e. The molecule has 0 fully saturated rings. The van der Waals surface area contributed by atoms with Gasteiger partial charge in [-0.2, -0.15) is 0 Å². The van der Waals surface area contributed by atoms with Crippen molar-refractivity contribution in [3.8, 4) is 0 Å². The third-order valence-corrected chi connectivity index (χ3v) is 4.03. The van der Waals surface area contributed by atoms with Crippen molar-refractivity contribution in [2.24, 2.45) is 11.8 Å². The predicted octanol–water partition coefficient (Wildman–Crippen LogP) is 2.71. The maximum Gasteiger partial charge on any atom is 0.407 e. The lowest BCUT2D eigenvalue weighted by Gasteiger charge is -2.34. The fourth-order valence-corrected chi connectivity index (χ4v) is 1.79. The topological polar surface area (TPSA) is 53.6 Å². The van der Waals surface area contributed by atoms with E-state index in [1.165, 1.54) is 0 Å². The summed E-state index contributed by atoms with van der Waals surface area (Å²) < 4.78 is 5.28. The summed E-state index contributed by atoms with van der Waals surface area (Å²) in [6.07, 6.45) is -0.341. The van der Waals surface area contributed by atoms with E-state index in [0.29, 0.717) is 18.4 Å². The normalized spacial score (nSPS) is 14.3. The van der Waals surface area contributed by atoms with Crippen molar-refractivity contribution < 1.29 is 9.53 Å². The molecule has 0 heterocycles. The summed E-state index contributed by atoms with van der Waals surface area (Å²) in [6.45, 7) is 16.8. The minimum Gasteiger partial charge on any atom is -0.444 e. The van der Waals surface area contributed by atoms with Gasteiger partial charge in [-0.05, 0) is 67.1 Å². The molecular weight excluding hydrogens is 278 g/mol. The van der Waals surface area contributed by atoms with Crippen LogP contribution in [0.1, 0.15) is 48.5 Å². The summed E-state index contributed by atoms with van der Waals surface area (Å²) in [5, 5.41) is 6.41. The van der Waals surface area contributed by atoms with Crippen molar-refractivity contribution in [2.75, 3.05) is 33.7 Å². The van der Waals surface area contributed by atoms with E-state index >= 15 is 0 Å². The van der Waals surface area contributed by atoms with E-state index in [-0.39, 0.29) is 11.6 Å². The first-order valence-electron chi connectivity index (χ1n) is 8.20. The lowest BCUT2D eigenvalue weighted by molar-refractivity contribution is 0.0514. The van der Waals surface area contributed by atoms with Gasteiger partial charge in [-0.3, -0.25) is 0 Å². The summed E-state index contributed by atoms with van der Waals surface area (Å²) in [5.41, 5.74) is -0.342. The maximum atomic E-state index is 11.7. The molecule has 0 aliphatic rings. The van der Waals surface area contributed by atoms with Crippen LogP contribution in [0.3, 0.4) is 0 Å². The number of hydrogen-bond acceptors (Lipinski definition) is 4. The van der Waals surface area contributed by atoms with Gasteiger partial charge in [0, 0.05) is 18.6 Å². The number of alkyl carbamates (subject to hydrolysis) is 1. The number of hydrogen-bond donors (Lipinski definition) is 2. The Kier molecular flexibility index (Phi) is 8.40. The van der Waals surface area contributed by atoms with Gasteiger partial charge < -0.3 is 20.3 Å². The Morgan fingerprint density at radius 1 is 1.09 bits per heavy atom. The van der Waals surface area contributed by atoms with E-state index in [1.54, 1.807) is 0 Å². The molecule has 5 heteroatoms. The van der Waals surface area contributed by atoms with Crippen LogP contribution in [0.2, 0.25) is 0 Å². The first kappa shape index (κ1) is 21.2. The predicted molar refractivity (Wildman–Crippen MR) is 93.2 cm³/mol. The lowest BCUT2D eigenvalue weighted by Crippen LogP contribution is -2.48. The number of amides is 1. The molecule has 0 aromatic heterocycles. The first-order chi connectivity index (χ1) is 9.85. The number of ether oxygens (including phenoxy) is 1. The van der Waals surface area contributed by atoms with Gasteiger partial charge in [0.15, 0.2) is 0 Å². The Balaban J connectivity index is 4.26. The molecule has 0 bridgehead atoms. The number of nitrogens with one attached hydrogen (secondary N) is 2. The average molecular weight is 316 g/mol. The van der Waals surface area contributed by atoms with Crippen molar-refractivity contribution in [1.82, 2.24) is 15.5 Å². The molecule has 1 atom stereocenters. The lowest BCUT2D eigenvalue weighted by atomic mass is 9.95. The van der Waals surface area contributed by atoms with Crippen molar-refractivity contribution in [3.63, 3.8) is 0 Å². The first-order valence-corrected chi connectivity index (χ1v) is 8.20. The molecule has 0 aromatic rings. The van der Waals surface area contributed by atoms with Crippen LogP contribution in [0.4, 0.5) is 4.79 Å². The van der Waals surface area contributed by atoms with Gasteiger partial charge in [0.05, 0.1) is 0 Å². The maximum absolute atomic E-state index is 11.7. The highest BCUT2D eigenvalue weighted by atomic mass is 16.6. The van der Waals surface area contributed by atoms with E-state index in [4.69, 9.17) is 4.74 Å². The van der Waals surface area contributed by atoms with Crippen LogP contribution in [0.25, 0.3) is 0 Å². The van der Waals surface area contributed by atoms with Crippen LogP contribution in [0.5, 0.6) is 0 Å². The van der Waals surface area contributed by atoms with Crippen LogP contribution in [-0.2, 0) is 4.74 Å². The van der Waals surface area contributed by atoms with E-state index in [0.717, 1.165) is 13.1 Å². The van der Waals surface area contributed by atoms with Crippen LogP contribution in [-0.4, -0.2) is 55.9 Å². The Hall–Kier alpha value is -0.810. The molecule has 0 aliphatic carbocycles. The summed E-state index contributed by atoms with van der Waals surface area (Å²) in [4.78, 5) is 14.0. The molecule has 1 unspecified atom stereocenters. The molecule has 5 nitrogen and oxygen atoms in total. The van der Waals surface area contributed by atoms with Gasteiger partial charge in [0.1, 0.15) is 5.60 Å². The second-order valence-electron chi connectivity index (χ2n) is 8.22. The van der Waals surface area contributed by atoms with Crippen molar-refractivity contribution in [2.45, 2.75) is 59.6 Å². The van der Waals surface area contributed by atoms with Crippen molar-refractivity contribution in [1.29, 1.82) is 0 Å². The van der Waals surface area contributed by atoms with Gasteiger partial charge in [0.2, 0.25) is 0 Å². The van der Waals surface area contributed by atoms with Gasteiger partial charge in [-0.25, -0.2) is 4.79 Å². The highest BCUT2D eigenvalue weighted by molar-refractivity contribution is 5.67. The molecule has 0 saturated heterocycles. The van der Waals surface area contributed by atoms with E-state index in [1.807, 2.05) is 20.8 Å². The summed E-state index contributed by atoms with van der Waals surface area (Å²) in [5.74, 6) is 0.871. The van der Waals surface area contributed by atoms with Gasteiger partial charge >= 0.3 is 6.09 Å². The quantitative estimate of drug-likeness (QED) is 0.723. The molecule has 0 rings (SSSR count). The van der Waals surface area contributed by atoms with Crippen LogP contribution < -0.4 is 10.6 Å². The SMILES string of the molecule is CC(C)C(CNCC(C)(C)N(C)C)CNC(=O)OC(C)(C)C. The average Bonchev–Trinajstić information content (AvgIpc) is 2.30. The monoisotopic (exact) mass is 315 g/mol. The second-order valence-corrected chi connectivity index (χ2v) is 8.22. The zero-order chi connectivity index (χ0) is 17.6. The van der Waals surface area contributed by atoms with Crippen LogP contribution in [0.15, 0.2) is 0 Å². The van der Waals surface area contributed by atoms with E-state index in [2.05, 4.69) is 57.3 Å². The molecule has 2 N–H and O–H groups in total. The number of carbonyl (C=O) groups is 1. The third-order valence-electron chi connectivity index (χ3n) is 4.03. The van der Waals surface area contributed by atoms with Gasteiger partial charge in [-0.1, -0.05) is 13.8 Å². The Labute approximate surface area is 137 Å². The molecule has 0 saturated carbocycles. The highest BCUT2D eigenvalue weighted by Crippen LogP contribution is 2.12. The van der Waals surface area contributed by atoms with E-state index in [9.17, 15) is 4.79 Å². The third kappa shape index (κ3) is 9.26. The second kappa shape index (κ2) is 8.73. The number of rotatable bonds is 8. The van der Waals surface area contributed by atoms with Crippen molar-refractivity contribution in [3.05, 3.63) is 0 Å². The smallest absolute Gasteiger partial charge is 0.407 e. The minimum absolute atomic E-state index is 0.111. The highest BCUT2D eigenvalue weighted by Gasteiger charge is 2.22. The Bertz CT molecular complexity index is 333. The van der Waals surface area contributed by atoms with Crippen LogP contribution in [0, 0.1) is 11.8 Å². The Morgan fingerprint density at radius 3 is 2.05 bits per heavy atom. The van der Waals surface area contributed by atoms with E-state index < -0.39 is 5.60 Å². The summed E-state index contributed by atoms with van der Waals surface area (Å²) >= 11 is 0. The van der Waals surface area contributed by atoms with Gasteiger partial charge in [-0.15, -0.1) is 0 Å². The zero-order valence-electron chi connectivity index (χ0n) is 16.0. The fraction of sp³-hybridized carbons (Fsp3) is 0.941. The molecule has 0 radical (unpaired) electrons.